The van der Waals surface area contributed by atoms with E-state index < -0.39 is 0 Å². The zero-order valence-corrected chi connectivity index (χ0v) is 14.1. The molecule has 0 fully saturated rings. The Bertz CT molecular complexity index is 884. The Hall–Kier alpha value is -2.12. The average Bonchev–Trinajstić information content (AvgIpc) is 3.03. The van der Waals surface area contributed by atoms with E-state index in [4.69, 9.17) is 0 Å². The molecule has 0 spiro atoms. The number of thioether (sulfide) groups is 1. The molecule has 0 bridgehead atoms. The van der Waals surface area contributed by atoms with Crippen LogP contribution in [-0.2, 0) is 11.2 Å². The van der Waals surface area contributed by atoms with Crippen molar-refractivity contribution >= 4 is 44.9 Å². The molecule has 2 heterocycles. The Morgan fingerprint density at radius 1 is 1.30 bits per heavy atom. The molecule has 2 N–H and O–H groups in total. The number of nitrogens with one attached hydrogen (secondary N) is 2. The van der Waals surface area contributed by atoms with E-state index >= 15 is 0 Å². The van der Waals surface area contributed by atoms with Crippen LogP contribution in [0.3, 0.4) is 0 Å². The fraction of sp³-hybridized carbons (Fsp3) is 0.188. The predicted octanol–water partition coefficient (Wildman–Crippen LogP) is 3.28. The lowest BCUT2D eigenvalue weighted by Gasteiger charge is -2.05. The van der Waals surface area contributed by atoms with Gasteiger partial charge in [0.15, 0.2) is 5.16 Å². The van der Waals surface area contributed by atoms with Crippen molar-refractivity contribution in [3.8, 4) is 0 Å². The van der Waals surface area contributed by atoms with Gasteiger partial charge in [-0.25, -0.2) is 4.98 Å². The zero-order chi connectivity index (χ0) is 16.2. The number of aromatic nitrogens is 2. The van der Waals surface area contributed by atoms with Crippen LogP contribution in [-0.4, -0.2) is 21.6 Å². The van der Waals surface area contributed by atoms with Crippen LogP contribution in [0.2, 0.25) is 0 Å². The third-order valence-electron chi connectivity index (χ3n) is 3.30. The first kappa shape index (κ1) is 15.8. The first-order valence-electron chi connectivity index (χ1n) is 7.15. The van der Waals surface area contributed by atoms with Crippen molar-refractivity contribution in [1.29, 1.82) is 0 Å². The van der Waals surface area contributed by atoms with Gasteiger partial charge in [0.25, 0.3) is 5.56 Å². The molecule has 5 nitrogen and oxygen atoms in total. The first-order chi connectivity index (χ1) is 11.2. The van der Waals surface area contributed by atoms with Crippen LogP contribution >= 0.6 is 23.1 Å². The van der Waals surface area contributed by atoms with Crippen LogP contribution in [0, 0.1) is 0 Å². The summed E-state index contributed by atoms with van der Waals surface area (Å²) in [5, 5.41) is 5.70. The van der Waals surface area contributed by atoms with Gasteiger partial charge in [-0.1, -0.05) is 30.8 Å². The van der Waals surface area contributed by atoms with Crippen LogP contribution in [0.15, 0.2) is 45.7 Å². The number of thiophene rings is 1. The zero-order valence-electron chi connectivity index (χ0n) is 12.5. The number of H-pyrrole nitrogens is 1. The maximum Gasteiger partial charge on any atom is 0.260 e. The smallest absolute Gasteiger partial charge is 0.260 e. The van der Waals surface area contributed by atoms with Gasteiger partial charge in [-0.15, -0.1) is 11.3 Å². The van der Waals surface area contributed by atoms with Gasteiger partial charge in [-0.2, -0.15) is 0 Å². The van der Waals surface area contributed by atoms with Gasteiger partial charge in [0, 0.05) is 5.69 Å². The summed E-state index contributed by atoms with van der Waals surface area (Å²) in [5.74, 6) is 0.0585. The Balaban J connectivity index is 1.62. The van der Waals surface area contributed by atoms with E-state index in [2.05, 4.69) is 22.2 Å². The highest BCUT2D eigenvalue weighted by molar-refractivity contribution is 7.99. The number of aromatic amines is 1. The topological polar surface area (TPSA) is 74.8 Å². The highest BCUT2D eigenvalue weighted by atomic mass is 32.2. The highest BCUT2D eigenvalue weighted by Gasteiger charge is 2.08. The SMILES string of the molecule is CCc1ccc(NC(=O)CSc2nc3sccc3c(=O)[nH]2)cc1. The molecule has 23 heavy (non-hydrogen) atoms. The summed E-state index contributed by atoms with van der Waals surface area (Å²) in [6.45, 7) is 2.09. The monoisotopic (exact) mass is 345 g/mol. The normalized spacial score (nSPS) is 10.8. The molecule has 1 amide bonds. The summed E-state index contributed by atoms with van der Waals surface area (Å²) in [6.07, 6.45) is 0.967. The second-order valence-electron chi connectivity index (χ2n) is 4.90. The van der Waals surface area contributed by atoms with Crippen molar-refractivity contribution in [2.24, 2.45) is 0 Å². The lowest BCUT2D eigenvalue weighted by molar-refractivity contribution is -0.113. The molecule has 3 rings (SSSR count). The number of fused-ring (bicyclic) bond motifs is 1. The summed E-state index contributed by atoms with van der Waals surface area (Å²) < 4.78 is 0. The Morgan fingerprint density at radius 2 is 2.09 bits per heavy atom. The molecule has 3 aromatic rings. The van der Waals surface area contributed by atoms with Crippen molar-refractivity contribution in [3.05, 3.63) is 51.6 Å². The molecule has 0 atom stereocenters. The minimum Gasteiger partial charge on any atom is -0.325 e. The number of carbonyl (C=O) groups is 1. The maximum atomic E-state index is 12.0. The minimum absolute atomic E-state index is 0.131. The molecule has 0 aliphatic carbocycles. The van der Waals surface area contributed by atoms with Gasteiger partial charge in [0.1, 0.15) is 4.83 Å². The molecule has 0 unspecified atom stereocenters. The van der Waals surface area contributed by atoms with Crippen molar-refractivity contribution in [2.45, 2.75) is 18.5 Å². The largest absolute Gasteiger partial charge is 0.325 e. The Morgan fingerprint density at radius 3 is 2.83 bits per heavy atom. The van der Waals surface area contributed by atoms with Crippen molar-refractivity contribution in [1.82, 2.24) is 9.97 Å². The number of amides is 1. The number of benzene rings is 1. The van der Waals surface area contributed by atoms with E-state index in [9.17, 15) is 9.59 Å². The lowest BCUT2D eigenvalue weighted by atomic mass is 10.1. The van der Waals surface area contributed by atoms with Gasteiger partial charge in [-0.05, 0) is 35.6 Å². The maximum absolute atomic E-state index is 12.0. The van der Waals surface area contributed by atoms with Gasteiger partial charge < -0.3 is 10.3 Å². The molecular weight excluding hydrogens is 330 g/mol. The number of hydrogen-bond acceptors (Lipinski definition) is 5. The van der Waals surface area contributed by atoms with Gasteiger partial charge >= 0.3 is 0 Å². The van der Waals surface area contributed by atoms with Crippen LogP contribution in [0.5, 0.6) is 0 Å². The highest BCUT2D eigenvalue weighted by Crippen LogP contribution is 2.19. The predicted molar refractivity (Wildman–Crippen MR) is 95.4 cm³/mol. The first-order valence-corrected chi connectivity index (χ1v) is 9.01. The Labute approximate surface area is 141 Å². The second kappa shape index (κ2) is 6.97. The minimum atomic E-state index is -0.172. The van der Waals surface area contributed by atoms with Crippen LogP contribution in [0.25, 0.3) is 10.2 Å². The molecular formula is C16H15N3O2S2. The van der Waals surface area contributed by atoms with Crippen molar-refractivity contribution in [3.63, 3.8) is 0 Å². The third-order valence-corrected chi connectivity index (χ3v) is 4.98. The van der Waals surface area contributed by atoms with Gasteiger partial charge in [0.2, 0.25) is 5.91 Å². The van der Waals surface area contributed by atoms with Crippen molar-refractivity contribution < 1.29 is 4.79 Å². The molecule has 0 saturated carbocycles. The summed E-state index contributed by atoms with van der Waals surface area (Å²) >= 11 is 2.63. The van der Waals surface area contributed by atoms with Crippen LogP contribution < -0.4 is 10.9 Å². The quantitative estimate of drug-likeness (QED) is 0.550. The number of carbonyl (C=O) groups excluding carboxylic acids is 1. The average molecular weight is 345 g/mol. The number of nitrogens with zero attached hydrogens (tertiary/aromatic N) is 1. The summed E-state index contributed by atoms with van der Waals surface area (Å²) in [6, 6.07) is 9.50. The van der Waals surface area contributed by atoms with Crippen LogP contribution in [0.1, 0.15) is 12.5 Å². The van der Waals surface area contributed by atoms with E-state index in [1.165, 1.54) is 28.7 Å². The van der Waals surface area contributed by atoms with E-state index in [1.54, 1.807) is 6.07 Å². The number of rotatable bonds is 5. The van der Waals surface area contributed by atoms with Crippen LogP contribution in [0.4, 0.5) is 5.69 Å². The third kappa shape index (κ3) is 3.80. The van der Waals surface area contributed by atoms with E-state index in [0.29, 0.717) is 15.4 Å². The fourth-order valence-corrected chi connectivity index (χ4v) is 3.55. The van der Waals surface area contributed by atoms with Crippen molar-refractivity contribution in [2.75, 3.05) is 11.1 Å². The molecule has 1 aromatic carbocycles. The molecule has 7 heteroatoms. The second-order valence-corrected chi connectivity index (χ2v) is 6.76. The van der Waals surface area contributed by atoms with Gasteiger partial charge in [0.05, 0.1) is 11.1 Å². The summed E-state index contributed by atoms with van der Waals surface area (Å²) in [5.41, 5.74) is 1.82. The molecule has 0 aliphatic rings. The summed E-state index contributed by atoms with van der Waals surface area (Å²) in [4.78, 5) is 31.6. The van der Waals surface area contributed by atoms with E-state index in [-0.39, 0.29) is 17.2 Å². The number of hydrogen-bond donors (Lipinski definition) is 2. The lowest BCUT2D eigenvalue weighted by Crippen LogP contribution is -2.15. The molecule has 0 radical (unpaired) electrons. The molecule has 0 saturated heterocycles. The standard InChI is InChI=1S/C16H15N3O2S2/c1-2-10-3-5-11(6-4-10)17-13(20)9-23-16-18-14(21)12-7-8-22-15(12)19-16/h3-8H,2,9H2,1H3,(H,17,20)(H,18,19,21). The fourth-order valence-electron chi connectivity index (χ4n) is 2.07. The number of anilines is 1. The van der Waals surface area contributed by atoms with Gasteiger partial charge in [-0.3, -0.25) is 9.59 Å². The molecule has 118 valence electrons. The summed E-state index contributed by atoms with van der Waals surface area (Å²) in [7, 11) is 0. The Kier molecular flexibility index (Phi) is 4.78. The number of aryl methyl sites for hydroxylation is 1. The van der Waals surface area contributed by atoms with E-state index in [1.807, 2.05) is 29.6 Å². The van der Waals surface area contributed by atoms with E-state index in [0.717, 1.165) is 12.1 Å². The molecule has 2 aromatic heterocycles. The molecule has 0 aliphatic heterocycles.